The molecule has 1 aliphatic heterocycles. The molecule has 2 N–H and O–H groups in total. The Kier molecular flexibility index (Phi) is 3.15. The molecule has 1 heterocycles. The number of hydrogen-bond donors (Lipinski definition) is 1. The first-order valence-corrected chi connectivity index (χ1v) is 5.68. The molecule has 0 unspecified atom stereocenters. The molecule has 0 aromatic rings. The highest BCUT2D eigenvalue weighted by Gasteiger charge is 2.37. The van der Waals surface area contributed by atoms with Crippen LogP contribution >= 0.6 is 0 Å². The van der Waals surface area contributed by atoms with Gasteiger partial charge in [-0.1, -0.05) is 34.6 Å². The second-order valence-corrected chi connectivity index (χ2v) is 6.52. The third kappa shape index (κ3) is 2.94. The quantitative estimate of drug-likeness (QED) is 0.718. The van der Waals surface area contributed by atoms with Crippen molar-refractivity contribution >= 4 is 5.91 Å². The lowest BCUT2D eigenvalue weighted by atomic mass is 9.86. The fourth-order valence-electron chi connectivity index (χ4n) is 1.87. The lowest BCUT2D eigenvalue weighted by molar-refractivity contribution is -0.134. The van der Waals surface area contributed by atoms with Crippen LogP contribution in [0.5, 0.6) is 0 Å². The molecule has 1 fully saturated rings. The van der Waals surface area contributed by atoms with Crippen LogP contribution in [0.1, 0.15) is 41.0 Å². The third-order valence-corrected chi connectivity index (χ3v) is 3.19. The number of nitrogens with two attached hydrogens (primary N) is 1. The summed E-state index contributed by atoms with van der Waals surface area (Å²) in [5, 5.41) is 0. The molecule has 1 saturated heterocycles. The zero-order chi connectivity index (χ0) is 11.9. The highest BCUT2D eigenvalue weighted by Crippen LogP contribution is 2.30. The van der Waals surface area contributed by atoms with Crippen LogP contribution < -0.4 is 5.73 Å². The molecule has 88 valence electrons. The second-order valence-electron chi connectivity index (χ2n) is 6.52. The minimum absolute atomic E-state index is 0.105. The van der Waals surface area contributed by atoms with Gasteiger partial charge in [-0.25, -0.2) is 0 Å². The van der Waals surface area contributed by atoms with Gasteiger partial charge in [-0.15, -0.1) is 0 Å². The Morgan fingerprint density at radius 2 is 1.93 bits per heavy atom. The van der Waals surface area contributed by atoms with Crippen molar-refractivity contribution in [2.24, 2.45) is 16.6 Å². The molecule has 0 spiro atoms. The predicted octanol–water partition coefficient (Wildman–Crippen LogP) is 1.62. The van der Waals surface area contributed by atoms with E-state index in [0.29, 0.717) is 0 Å². The van der Waals surface area contributed by atoms with E-state index < -0.39 is 0 Å². The van der Waals surface area contributed by atoms with E-state index in [1.807, 2.05) is 25.7 Å². The van der Waals surface area contributed by atoms with Crippen molar-refractivity contribution in [2.45, 2.75) is 47.1 Å². The largest absolute Gasteiger partial charge is 0.341 e. The van der Waals surface area contributed by atoms with Crippen molar-refractivity contribution in [1.82, 2.24) is 4.90 Å². The molecule has 3 heteroatoms. The van der Waals surface area contributed by atoms with Crippen LogP contribution in [0.25, 0.3) is 0 Å². The minimum atomic E-state index is -0.383. The van der Waals surface area contributed by atoms with Gasteiger partial charge in [0.25, 0.3) is 0 Å². The van der Waals surface area contributed by atoms with Gasteiger partial charge >= 0.3 is 0 Å². The maximum atomic E-state index is 12.1. The van der Waals surface area contributed by atoms with Crippen LogP contribution in [0.4, 0.5) is 0 Å². The Labute approximate surface area is 93.0 Å². The lowest BCUT2D eigenvalue weighted by Gasteiger charge is -2.30. The maximum absolute atomic E-state index is 12.1. The van der Waals surface area contributed by atoms with Crippen molar-refractivity contribution in [3.8, 4) is 0 Å². The van der Waals surface area contributed by atoms with Gasteiger partial charge in [0.1, 0.15) is 0 Å². The summed E-state index contributed by atoms with van der Waals surface area (Å²) in [5.41, 5.74) is 6.08. The van der Waals surface area contributed by atoms with Crippen LogP contribution in [-0.2, 0) is 4.79 Å². The number of carbonyl (C=O) groups excluding carboxylic acids is 1. The molecular weight excluding hydrogens is 188 g/mol. The van der Waals surface area contributed by atoms with E-state index in [4.69, 9.17) is 5.73 Å². The topological polar surface area (TPSA) is 46.3 Å². The third-order valence-electron chi connectivity index (χ3n) is 3.19. The van der Waals surface area contributed by atoms with Crippen LogP contribution in [0.15, 0.2) is 0 Å². The van der Waals surface area contributed by atoms with Crippen molar-refractivity contribution in [1.29, 1.82) is 0 Å². The first-order chi connectivity index (χ1) is 6.63. The zero-order valence-corrected chi connectivity index (χ0v) is 10.6. The average Bonchev–Trinajstić information content (AvgIpc) is 2.42. The standard InChI is InChI=1S/C12H24N2O/c1-11(2,3)9(13)10(15)14-7-6-12(4,5)8-14/h9H,6-8,13H2,1-5H3/t9-/m1/s1. The van der Waals surface area contributed by atoms with Crippen LogP contribution in [-0.4, -0.2) is 29.9 Å². The lowest BCUT2D eigenvalue weighted by Crippen LogP contribution is -2.50. The van der Waals surface area contributed by atoms with Gasteiger partial charge in [0.15, 0.2) is 0 Å². The van der Waals surface area contributed by atoms with Gasteiger partial charge in [-0.3, -0.25) is 4.79 Å². The Balaban J connectivity index is 2.64. The van der Waals surface area contributed by atoms with Crippen molar-refractivity contribution < 1.29 is 4.79 Å². The average molecular weight is 212 g/mol. The van der Waals surface area contributed by atoms with Crippen molar-refractivity contribution in [3.05, 3.63) is 0 Å². The normalized spacial score (nSPS) is 22.9. The Bertz CT molecular complexity index is 253. The van der Waals surface area contributed by atoms with Gasteiger partial charge in [-0.2, -0.15) is 0 Å². The van der Waals surface area contributed by atoms with Gasteiger partial charge in [0, 0.05) is 13.1 Å². The zero-order valence-electron chi connectivity index (χ0n) is 10.6. The molecule has 0 aromatic heterocycles. The molecule has 1 rings (SSSR count). The number of likely N-dealkylation sites (tertiary alicyclic amines) is 1. The molecule has 15 heavy (non-hydrogen) atoms. The smallest absolute Gasteiger partial charge is 0.240 e. The summed E-state index contributed by atoms with van der Waals surface area (Å²) < 4.78 is 0. The van der Waals surface area contributed by atoms with Crippen LogP contribution in [0.2, 0.25) is 0 Å². The van der Waals surface area contributed by atoms with E-state index in [-0.39, 0.29) is 22.8 Å². The summed E-state index contributed by atoms with van der Waals surface area (Å²) in [5.74, 6) is 0.105. The summed E-state index contributed by atoms with van der Waals surface area (Å²) in [6.45, 7) is 12.1. The van der Waals surface area contributed by atoms with Gasteiger partial charge in [-0.05, 0) is 17.3 Å². The summed E-state index contributed by atoms with van der Waals surface area (Å²) in [6, 6.07) is -0.383. The molecule has 0 radical (unpaired) electrons. The summed E-state index contributed by atoms with van der Waals surface area (Å²) in [7, 11) is 0. The number of carbonyl (C=O) groups is 1. The fraction of sp³-hybridized carbons (Fsp3) is 0.917. The summed E-state index contributed by atoms with van der Waals surface area (Å²) in [4.78, 5) is 14.0. The molecule has 0 aliphatic carbocycles. The predicted molar refractivity (Wildman–Crippen MR) is 62.4 cm³/mol. The fourth-order valence-corrected chi connectivity index (χ4v) is 1.87. The number of nitrogens with zero attached hydrogens (tertiary/aromatic N) is 1. The van der Waals surface area contributed by atoms with E-state index in [1.165, 1.54) is 0 Å². The van der Waals surface area contributed by atoms with Gasteiger partial charge in [0.05, 0.1) is 6.04 Å². The van der Waals surface area contributed by atoms with E-state index in [1.54, 1.807) is 0 Å². The Hall–Kier alpha value is -0.570. The molecule has 0 saturated carbocycles. The SMILES string of the molecule is CC1(C)CCN(C(=O)[C@@H](N)C(C)(C)C)C1. The van der Waals surface area contributed by atoms with Crippen LogP contribution in [0.3, 0.4) is 0 Å². The maximum Gasteiger partial charge on any atom is 0.240 e. The molecule has 3 nitrogen and oxygen atoms in total. The molecule has 1 amide bonds. The van der Waals surface area contributed by atoms with Gasteiger partial charge in [0.2, 0.25) is 5.91 Å². The number of hydrogen-bond acceptors (Lipinski definition) is 2. The molecule has 1 aliphatic rings. The summed E-state index contributed by atoms with van der Waals surface area (Å²) >= 11 is 0. The molecule has 0 aromatic carbocycles. The van der Waals surface area contributed by atoms with Crippen molar-refractivity contribution in [2.75, 3.05) is 13.1 Å². The highest BCUT2D eigenvalue weighted by atomic mass is 16.2. The van der Waals surface area contributed by atoms with E-state index in [9.17, 15) is 4.79 Å². The van der Waals surface area contributed by atoms with Crippen molar-refractivity contribution in [3.63, 3.8) is 0 Å². The minimum Gasteiger partial charge on any atom is -0.341 e. The Morgan fingerprint density at radius 3 is 2.27 bits per heavy atom. The monoisotopic (exact) mass is 212 g/mol. The summed E-state index contributed by atoms with van der Waals surface area (Å²) in [6.07, 6.45) is 1.08. The number of amides is 1. The van der Waals surface area contributed by atoms with E-state index in [0.717, 1.165) is 19.5 Å². The Morgan fingerprint density at radius 1 is 1.40 bits per heavy atom. The van der Waals surface area contributed by atoms with Crippen LogP contribution in [0, 0.1) is 10.8 Å². The second kappa shape index (κ2) is 3.78. The first-order valence-electron chi connectivity index (χ1n) is 5.68. The molecular formula is C12H24N2O. The number of rotatable bonds is 1. The first kappa shape index (κ1) is 12.5. The molecule has 1 atom stereocenters. The van der Waals surface area contributed by atoms with E-state index >= 15 is 0 Å². The van der Waals surface area contributed by atoms with Gasteiger partial charge < -0.3 is 10.6 Å². The molecule has 0 bridgehead atoms. The van der Waals surface area contributed by atoms with E-state index in [2.05, 4.69) is 13.8 Å². The highest BCUT2D eigenvalue weighted by molar-refractivity contribution is 5.82.